The molecule has 0 radical (unpaired) electrons. The fourth-order valence-corrected chi connectivity index (χ4v) is 2.09. The molecule has 0 aromatic heterocycles. The summed E-state index contributed by atoms with van der Waals surface area (Å²) in [7, 11) is 0. The third-order valence-electron chi connectivity index (χ3n) is 3.39. The number of amides is 1. The molecule has 0 aliphatic carbocycles. The summed E-state index contributed by atoms with van der Waals surface area (Å²) in [5, 5.41) is 2.77. The van der Waals surface area contributed by atoms with E-state index in [2.05, 4.69) is 5.32 Å². The van der Waals surface area contributed by atoms with Gasteiger partial charge in [-0.05, 0) is 36.3 Å². The Labute approximate surface area is 138 Å². The number of Topliss-reactive ketones (excluding diaryl/α,β-unsaturated/α-hetero) is 1. The summed E-state index contributed by atoms with van der Waals surface area (Å²) in [5.41, 5.74) is 2.76. The maximum absolute atomic E-state index is 12.4. The molecule has 0 bridgehead atoms. The number of carbonyl (C=O) groups is 2. The van der Waals surface area contributed by atoms with Crippen molar-refractivity contribution in [3.63, 3.8) is 0 Å². The zero-order valence-corrected chi connectivity index (χ0v) is 12.8. The number of ketones is 1. The van der Waals surface area contributed by atoms with Crippen LogP contribution in [-0.4, -0.2) is 11.7 Å². The van der Waals surface area contributed by atoms with Crippen LogP contribution in [0.25, 0.3) is 6.08 Å². The minimum atomic E-state index is -0.374. The second-order valence-electron chi connectivity index (χ2n) is 5.01. The van der Waals surface area contributed by atoms with E-state index in [0.29, 0.717) is 12.1 Å². The highest BCUT2D eigenvalue weighted by Crippen LogP contribution is 2.16. The highest BCUT2D eigenvalue weighted by Gasteiger charge is 2.17. The van der Waals surface area contributed by atoms with E-state index in [1.807, 2.05) is 49.4 Å². The van der Waals surface area contributed by atoms with E-state index in [-0.39, 0.29) is 24.7 Å². The monoisotopic (exact) mass is 309 g/mol. The number of nitrogens with one attached hydrogen (secondary N) is 1. The maximum atomic E-state index is 12.4. The van der Waals surface area contributed by atoms with Crippen LogP contribution in [0.3, 0.4) is 0 Å². The lowest BCUT2D eigenvalue weighted by molar-refractivity contribution is -0.119. The zero-order valence-electron chi connectivity index (χ0n) is 12.8. The van der Waals surface area contributed by atoms with Gasteiger partial charge < -0.3 is 5.32 Å². The predicted molar refractivity (Wildman–Crippen MR) is 96.3 cm³/mol. The molecule has 2 rings (SSSR count). The highest BCUT2D eigenvalue weighted by atomic mass is 16.2. The van der Waals surface area contributed by atoms with Gasteiger partial charge in [0.15, 0.2) is 5.78 Å². The molecule has 0 spiro atoms. The van der Waals surface area contributed by atoms with Crippen LogP contribution in [0.2, 0.25) is 0 Å². The lowest BCUT2D eigenvalue weighted by atomic mass is 10.0. The first-order valence-electron chi connectivity index (χ1n) is 7.28. The fraction of sp³-hybridized carbons (Fsp3) is 0.200. The van der Waals surface area contributed by atoms with Gasteiger partial charge >= 0.3 is 0 Å². The second-order valence-corrected chi connectivity index (χ2v) is 5.01. The van der Waals surface area contributed by atoms with Crippen LogP contribution < -0.4 is 5.32 Å². The smallest absolute Gasteiger partial charge is 0.259 e. The van der Waals surface area contributed by atoms with Crippen molar-refractivity contribution in [3.05, 3.63) is 71.3 Å². The lowest BCUT2D eigenvalue weighted by Gasteiger charge is -2.08. The number of para-hydroxylation sites is 1. The molecule has 0 fully saturated rings. The molecule has 1 amide bonds. The summed E-state index contributed by atoms with van der Waals surface area (Å²) in [6.45, 7) is 3.71. The zero-order chi connectivity index (χ0) is 15.9. The molecule has 0 aliphatic rings. The molecule has 0 atom stereocenters. The number of anilines is 1. The van der Waals surface area contributed by atoms with Gasteiger partial charge in [-0.25, -0.2) is 0 Å². The van der Waals surface area contributed by atoms with Crippen LogP contribution in [0.4, 0.5) is 5.69 Å². The average molecular weight is 309 g/mol. The molecule has 120 valence electrons. The first-order chi connectivity index (χ1) is 10.6. The van der Waals surface area contributed by atoms with Gasteiger partial charge in [0.25, 0.3) is 5.91 Å². The average Bonchev–Trinajstić information content (AvgIpc) is 2.54. The molecule has 0 heterocycles. The summed E-state index contributed by atoms with van der Waals surface area (Å²) >= 11 is 0. The molecule has 0 saturated carbocycles. The van der Waals surface area contributed by atoms with E-state index in [1.54, 1.807) is 25.1 Å². The summed E-state index contributed by atoms with van der Waals surface area (Å²) in [6.07, 6.45) is 1.96. The van der Waals surface area contributed by atoms with Crippen LogP contribution in [0.5, 0.6) is 0 Å². The second kappa shape index (κ2) is 8.69. The Morgan fingerprint density at radius 3 is 2.22 bits per heavy atom. The molecule has 23 heavy (non-hydrogen) atoms. The molecule has 3 heteroatoms. The molecule has 0 unspecified atom stereocenters. The van der Waals surface area contributed by atoms with Crippen molar-refractivity contribution in [1.82, 2.24) is 0 Å². The Bertz CT molecular complexity index is 703. The number of aryl methyl sites for hydroxylation is 1. The van der Waals surface area contributed by atoms with Crippen LogP contribution in [0.1, 0.15) is 31.9 Å². The van der Waals surface area contributed by atoms with E-state index in [1.165, 1.54) is 0 Å². The summed E-state index contributed by atoms with van der Waals surface area (Å²) in [4.78, 5) is 24.6. The standard InChI is InChI=1S/C19H19NO2.CH4/c1-3-18(21)17(13-15-10-8-7-9-14(15)2)19(22)20-16-11-5-4-6-12-16;/h4-13H,3H2,1-2H3,(H,20,22);1H4/b17-13+;. The van der Waals surface area contributed by atoms with Crippen LogP contribution >= 0.6 is 0 Å². The Morgan fingerprint density at radius 2 is 1.61 bits per heavy atom. The van der Waals surface area contributed by atoms with Crippen molar-refractivity contribution < 1.29 is 9.59 Å². The van der Waals surface area contributed by atoms with Crippen molar-refractivity contribution in [2.75, 3.05) is 5.32 Å². The predicted octanol–water partition coefficient (Wildman–Crippen LogP) is 4.63. The Balaban J connectivity index is 0.00000264. The van der Waals surface area contributed by atoms with Gasteiger partial charge in [0.2, 0.25) is 0 Å². The number of carbonyl (C=O) groups excluding carboxylic acids is 2. The summed E-state index contributed by atoms with van der Waals surface area (Å²) in [5.74, 6) is -0.544. The number of hydrogen-bond acceptors (Lipinski definition) is 2. The summed E-state index contributed by atoms with van der Waals surface area (Å²) < 4.78 is 0. The molecule has 2 aromatic carbocycles. The maximum Gasteiger partial charge on any atom is 0.259 e. The van der Waals surface area contributed by atoms with E-state index in [0.717, 1.165) is 11.1 Å². The van der Waals surface area contributed by atoms with Gasteiger partial charge in [0.05, 0.1) is 5.57 Å². The van der Waals surface area contributed by atoms with Gasteiger partial charge in [0.1, 0.15) is 0 Å². The van der Waals surface area contributed by atoms with E-state index in [9.17, 15) is 9.59 Å². The topological polar surface area (TPSA) is 46.2 Å². The Kier molecular flexibility index (Phi) is 6.94. The number of benzene rings is 2. The Morgan fingerprint density at radius 1 is 1.00 bits per heavy atom. The Hall–Kier alpha value is -2.68. The minimum absolute atomic E-state index is 0. The molecular weight excluding hydrogens is 286 g/mol. The van der Waals surface area contributed by atoms with Crippen molar-refractivity contribution in [3.8, 4) is 0 Å². The third-order valence-corrected chi connectivity index (χ3v) is 3.39. The van der Waals surface area contributed by atoms with Crippen molar-refractivity contribution in [2.24, 2.45) is 0 Å². The first kappa shape index (κ1) is 18.4. The molecule has 0 saturated heterocycles. The van der Waals surface area contributed by atoms with Gasteiger partial charge in [-0.15, -0.1) is 0 Å². The highest BCUT2D eigenvalue weighted by molar-refractivity contribution is 6.26. The largest absolute Gasteiger partial charge is 0.322 e. The minimum Gasteiger partial charge on any atom is -0.322 e. The third kappa shape index (κ3) is 4.92. The number of rotatable bonds is 5. The first-order valence-corrected chi connectivity index (χ1v) is 7.28. The van der Waals surface area contributed by atoms with E-state index >= 15 is 0 Å². The van der Waals surface area contributed by atoms with Gasteiger partial charge in [-0.1, -0.05) is 56.8 Å². The van der Waals surface area contributed by atoms with Crippen LogP contribution in [0.15, 0.2) is 60.2 Å². The van der Waals surface area contributed by atoms with E-state index < -0.39 is 0 Å². The van der Waals surface area contributed by atoms with Gasteiger partial charge in [-0.3, -0.25) is 9.59 Å². The lowest BCUT2D eigenvalue weighted by Crippen LogP contribution is -2.20. The fourth-order valence-electron chi connectivity index (χ4n) is 2.09. The number of hydrogen-bond donors (Lipinski definition) is 1. The van der Waals surface area contributed by atoms with Crippen LogP contribution in [-0.2, 0) is 9.59 Å². The van der Waals surface area contributed by atoms with Gasteiger partial charge in [0, 0.05) is 12.1 Å². The quantitative estimate of drug-likeness (QED) is 0.497. The normalized spacial score (nSPS) is 10.6. The van der Waals surface area contributed by atoms with Crippen LogP contribution in [0, 0.1) is 6.92 Å². The van der Waals surface area contributed by atoms with Crippen molar-refractivity contribution in [2.45, 2.75) is 27.7 Å². The molecule has 0 aliphatic heterocycles. The SMILES string of the molecule is C.CCC(=O)/C(=C\c1ccccc1C)C(=O)Nc1ccccc1. The van der Waals surface area contributed by atoms with Gasteiger partial charge in [-0.2, -0.15) is 0 Å². The van der Waals surface area contributed by atoms with E-state index in [4.69, 9.17) is 0 Å². The van der Waals surface area contributed by atoms with Crippen molar-refractivity contribution >= 4 is 23.5 Å². The summed E-state index contributed by atoms with van der Waals surface area (Å²) in [6, 6.07) is 16.8. The molecule has 3 nitrogen and oxygen atoms in total. The molecule has 1 N–H and O–H groups in total. The molecule has 2 aromatic rings. The van der Waals surface area contributed by atoms with Crippen molar-refractivity contribution in [1.29, 1.82) is 0 Å². The molecular formula is C20H23NO2.